The highest BCUT2D eigenvalue weighted by atomic mass is 32.2. The number of nitrogens with one attached hydrogen (secondary N) is 2. The van der Waals surface area contributed by atoms with E-state index < -0.39 is 34.0 Å². The first-order valence-electron chi connectivity index (χ1n) is 7.49. The van der Waals surface area contributed by atoms with Gasteiger partial charge in [-0.1, -0.05) is 25.4 Å². The average molecular weight is 361 g/mol. The number of rotatable bonds is 8. The number of hydrogen-bond acceptors (Lipinski definition) is 6. The molecule has 9 nitrogen and oxygen atoms in total. The van der Waals surface area contributed by atoms with Crippen LogP contribution in [0.1, 0.15) is 38.6 Å². The van der Waals surface area contributed by atoms with E-state index in [0.29, 0.717) is 6.42 Å². The van der Waals surface area contributed by atoms with E-state index in [9.17, 15) is 23.1 Å². The summed E-state index contributed by atoms with van der Waals surface area (Å²) in [6.45, 7) is 7.75. The van der Waals surface area contributed by atoms with Crippen molar-refractivity contribution in [2.45, 2.75) is 58.0 Å². The van der Waals surface area contributed by atoms with Crippen molar-refractivity contribution >= 4 is 21.9 Å². The molecule has 3 N–H and O–H groups in total. The summed E-state index contributed by atoms with van der Waals surface area (Å²) in [5, 5.41) is 15.1. The SMILES string of the molecule is CCC(C)C(NC(=O)C(C)NS(=O)(=O)c1c(C)noc1C)C(=O)O. The molecule has 0 aromatic carbocycles. The van der Waals surface area contributed by atoms with Crippen molar-refractivity contribution in [2.24, 2.45) is 5.92 Å². The van der Waals surface area contributed by atoms with Gasteiger partial charge in [0, 0.05) is 0 Å². The Labute approximate surface area is 140 Å². The number of carbonyl (C=O) groups excluding carboxylic acids is 1. The van der Waals surface area contributed by atoms with Gasteiger partial charge in [0.15, 0.2) is 5.76 Å². The van der Waals surface area contributed by atoms with E-state index in [0.717, 1.165) is 0 Å². The Hall–Kier alpha value is -1.94. The van der Waals surface area contributed by atoms with Crippen LogP contribution in [0.5, 0.6) is 0 Å². The Kier molecular flexibility index (Phi) is 6.50. The normalized spacial score (nSPS) is 15.5. The van der Waals surface area contributed by atoms with Crippen LogP contribution in [0.3, 0.4) is 0 Å². The lowest BCUT2D eigenvalue weighted by Gasteiger charge is -2.22. The maximum absolute atomic E-state index is 12.4. The van der Waals surface area contributed by atoms with Gasteiger partial charge in [0.2, 0.25) is 15.9 Å². The molecule has 1 aromatic heterocycles. The van der Waals surface area contributed by atoms with Crippen LogP contribution in [0.2, 0.25) is 0 Å². The molecular weight excluding hydrogens is 338 g/mol. The zero-order valence-electron chi connectivity index (χ0n) is 14.3. The number of nitrogens with zero attached hydrogens (tertiary/aromatic N) is 1. The van der Waals surface area contributed by atoms with Gasteiger partial charge in [-0.3, -0.25) is 4.79 Å². The zero-order chi connectivity index (χ0) is 18.7. The second-order valence-corrected chi connectivity index (χ2v) is 7.36. The quantitative estimate of drug-likeness (QED) is 0.615. The fraction of sp³-hybridized carbons (Fsp3) is 0.643. The highest BCUT2D eigenvalue weighted by Gasteiger charge is 2.31. The molecule has 1 rings (SSSR count). The van der Waals surface area contributed by atoms with E-state index in [-0.39, 0.29) is 22.3 Å². The number of carboxylic acids is 1. The summed E-state index contributed by atoms with van der Waals surface area (Å²) < 4.78 is 31.7. The lowest BCUT2D eigenvalue weighted by Crippen LogP contribution is -2.52. The summed E-state index contributed by atoms with van der Waals surface area (Å²) >= 11 is 0. The van der Waals surface area contributed by atoms with Crippen molar-refractivity contribution in [3.8, 4) is 0 Å². The molecule has 0 saturated carbocycles. The van der Waals surface area contributed by atoms with Gasteiger partial charge in [0.25, 0.3) is 0 Å². The summed E-state index contributed by atoms with van der Waals surface area (Å²) in [6.07, 6.45) is 0.552. The molecule has 0 fully saturated rings. The van der Waals surface area contributed by atoms with Crippen LogP contribution in [-0.2, 0) is 19.6 Å². The molecular formula is C14H23N3O6S. The largest absolute Gasteiger partial charge is 0.480 e. The van der Waals surface area contributed by atoms with Gasteiger partial charge in [-0.2, -0.15) is 4.72 Å². The highest BCUT2D eigenvalue weighted by molar-refractivity contribution is 7.89. The molecule has 0 aliphatic heterocycles. The van der Waals surface area contributed by atoms with Crippen molar-refractivity contribution in [1.29, 1.82) is 0 Å². The van der Waals surface area contributed by atoms with Crippen molar-refractivity contribution in [3.05, 3.63) is 11.5 Å². The van der Waals surface area contributed by atoms with E-state index in [1.165, 1.54) is 20.8 Å². The van der Waals surface area contributed by atoms with Crippen LogP contribution < -0.4 is 10.0 Å². The Balaban J connectivity index is 2.89. The molecule has 3 unspecified atom stereocenters. The second kappa shape index (κ2) is 7.75. The molecule has 0 spiro atoms. The zero-order valence-corrected chi connectivity index (χ0v) is 15.1. The van der Waals surface area contributed by atoms with E-state index in [1.807, 2.05) is 0 Å². The van der Waals surface area contributed by atoms with Crippen LogP contribution in [0, 0.1) is 19.8 Å². The van der Waals surface area contributed by atoms with Crippen LogP contribution in [-0.4, -0.2) is 42.6 Å². The fourth-order valence-electron chi connectivity index (χ4n) is 2.16. The third kappa shape index (κ3) is 4.54. The topological polar surface area (TPSA) is 139 Å². The third-order valence-corrected chi connectivity index (χ3v) is 5.52. The molecule has 3 atom stereocenters. The Morgan fingerprint density at radius 3 is 2.29 bits per heavy atom. The summed E-state index contributed by atoms with van der Waals surface area (Å²) in [6, 6.07) is -2.25. The van der Waals surface area contributed by atoms with Crippen molar-refractivity contribution in [2.75, 3.05) is 0 Å². The predicted molar refractivity (Wildman–Crippen MR) is 84.8 cm³/mol. The van der Waals surface area contributed by atoms with Crippen LogP contribution in [0.25, 0.3) is 0 Å². The summed E-state index contributed by atoms with van der Waals surface area (Å²) in [4.78, 5) is 23.3. The number of aromatic nitrogens is 1. The predicted octanol–water partition coefficient (Wildman–Crippen LogP) is 0.574. The molecule has 0 aliphatic rings. The minimum atomic E-state index is -4.02. The minimum Gasteiger partial charge on any atom is -0.480 e. The number of aliphatic carboxylic acids is 1. The summed E-state index contributed by atoms with van der Waals surface area (Å²) in [5.41, 5.74) is 0.177. The summed E-state index contributed by atoms with van der Waals surface area (Å²) in [7, 11) is -4.02. The van der Waals surface area contributed by atoms with Crippen molar-refractivity contribution < 1.29 is 27.6 Å². The minimum absolute atomic E-state index is 0.107. The van der Waals surface area contributed by atoms with Crippen molar-refractivity contribution in [1.82, 2.24) is 15.2 Å². The number of hydrogen-bond donors (Lipinski definition) is 3. The Morgan fingerprint density at radius 1 is 1.29 bits per heavy atom. The van der Waals surface area contributed by atoms with Crippen LogP contribution in [0.15, 0.2) is 9.42 Å². The highest BCUT2D eigenvalue weighted by Crippen LogP contribution is 2.19. The van der Waals surface area contributed by atoms with Crippen molar-refractivity contribution in [3.63, 3.8) is 0 Å². The average Bonchev–Trinajstić information content (AvgIpc) is 2.82. The molecule has 1 amide bonds. The molecule has 1 heterocycles. The number of carbonyl (C=O) groups is 2. The summed E-state index contributed by atoms with van der Waals surface area (Å²) in [5.74, 6) is -2.08. The number of amides is 1. The van der Waals surface area contributed by atoms with Gasteiger partial charge in [0.1, 0.15) is 16.6 Å². The lowest BCUT2D eigenvalue weighted by molar-refractivity contribution is -0.143. The van der Waals surface area contributed by atoms with Gasteiger partial charge in [-0.15, -0.1) is 0 Å². The fourth-order valence-corrected chi connectivity index (χ4v) is 3.70. The number of sulfonamides is 1. The molecule has 10 heteroatoms. The van der Waals surface area contributed by atoms with Gasteiger partial charge in [-0.05, 0) is 26.7 Å². The standard InChI is InChI=1S/C14H23N3O6S/c1-6-7(2)11(14(19)20)15-13(18)9(4)17-24(21,22)12-8(3)16-23-10(12)5/h7,9,11,17H,6H2,1-5H3,(H,15,18)(H,19,20). The van der Waals surface area contributed by atoms with E-state index in [1.54, 1.807) is 13.8 Å². The smallest absolute Gasteiger partial charge is 0.326 e. The number of carboxylic acid groups (broad SMARTS) is 1. The molecule has 0 aliphatic carbocycles. The van der Waals surface area contributed by atoms with Crippen LogP contribution >= 0.6 is 0 Å². The molecule has 0 bridgehead atoms. The maximum Gasteiger partial charge on any atom is 0.326 e. The molecule has 0 radical (unpaired) electrons. The Morgan fingerprint density at radius 2 is 1.88 bits per heavy atom. The van der Waals surface area contributed by atoms with Gasteiger partial charge in [-0.25, -0.2) is 13.2 Å². The van der Waals surface area contributed by atoms with Gasteiger partial charge < -0.3 is 14.9 Å². The third-order valence-electron chi connectivity index (χ3n) is 3.74. The monoisotopic (exact) mass is 361 g/mol. The van der Waals surface area contributed by atoms with E-state index >= 15 is 0 Å². The first-order valence-corrected chi connectivity index (χ1v) is 8.97. The number of aryl methyl sites for hydroxylation is 2. The molecule has 136 valence electrons. The van der Waals surface area contributed by atoms with Gasteiger partial charge in [0.05, 0.1) is 6.04 Å². The van der Waals surface area contributed by atoms with E-state index in [4.69, 9.17) is 4.52 Å². The molecule has 1 aromatic rings. The maximum atomic E-state index is 12.4. The molecule has 0 saturated heterocycles. The van der Waals surface area contributed by atoms with E-state index in [2.05, 4.69) is 15.2 Å². The Bertz CT molecular complexity index is 693. The second-order valence-electron chi connectivity index (χ2n) is 5.71. The first-order chi connectivity index (χ1) is 11.0. The lowest BCUT2D eigenvalue weighted by atomic mass is 9.99. The van der Waals surface area contributed by atoms with Gasteiger partial charge >= 0.3 is 5.97 Å². The van der Waals surface area contributed by atoms with Crippen LogP contribution in [0.4, 0.5) is 0 Å². The molecule has 24 heavy (non-hydrogen) atoms. The first kappa shape index (κ1) is 20.1.